The third kappa shape index (κ3) is 4.54. The Bertz CT molecular complexity index is 575. The number of nitrogens with zero attached hydrogens (tertiary/aromatic N) is 2. The summed E-state index contributed by atoms with van der Waals surface area (Å²) in [7, 11) is 0. The van der Waals surface area contributed by atoms with E-state index in [1.807, 2.05) is 0 Å². The standard InChI is InChI=1S/C10H7F5N2O4/c11-5-1-6(12)9(17(20)21)7(2-5)16(3-8(18)19)4-10(13,14)15/h1-2H,3-4H2,(H,18,19). The lowest BCUT2D eigenvalue weighted by atomic mass is 10.2. The molecule has 0 aliphatic heterocycles. The highest BCUT2D eigenvalue weighted by Gasteiger charge is 2.35. The van der Waals surface area contributed by atoms with Crippen LogP contribution in [-0.4, -0.2) is 35.3 Å². The van der Waals surface area contributed by atoms with Crippen LogP contribution in [-0.2, 0) is 4.79 Å². The molecule has 0 aliphatic rings. The van der Waals surface area contributed by atoms with Crippen LogP contribution in [0.15, 0.2) is 12.1 Å². The molecule has 0 saturated heterocycles. The van der Waals surface area contributed by atoms with Crippen molar-refractivity contribution in [2.45, 2.75) is 6.18 Å². The van der Waals surface area contributed by atoms with E-state index in [9.17, 15) is 36.9 Å². The van der Waals surface area contributed by atoms with Gasteiger partial charge in [0.15, 0.2) is 0 Å². The van der Waals surface area contributed by atoms with Gasteiger partial charge in [0.05, 0.1) is 4.92 Å². The van der Waals surface area contributed by atoms with Gasteiger partial charge in [0.1, 0.15) is 24.6 Å². The summed E-state index contributed by atoms with van der Waals surface area (Å²) in [5.41, 5.74) is -2.53. The molecule has 1 aromatic carbocycles. The van der Waals surface area contributed by atoms with E-state index in [1.54, 1.807) is 0 Å². The van der Waals surface area contributed by atoms with Crippen LogP contribution in [0.4, 0.5) is 33.3 Å². The maximum absolute atomic E-state index is 13.4. The summed E-state index contributed by atoms with van der Waals surface area (Å²) in [5.74, 6) is -4.82. The number of nitro groups is 1. The fraction of sp³-hybridized carbons (Fsp3) is 0.300. The van der Waals surface area contributed by atoms with Crippen LogP contribution >= 0.6 is 0 Å². The number of nitro benzene ring substituents is 1. The molecular weight excluding hydrogens is 307 g/mol. The molecule has 0 aliphatic carbocycles. The average molecular weight is 314 g/mol. The smallest absolute Gasteiger partial charge is 0.405 e. The van der Waals surface area contributed by atoms with Crippen molar-refractivity contribution in [3.8, 4) is 0 Å². The molecule has 21 heavy (non-hydrogen) atoms. The quantitative estimate of drug-likeness (QED) is 0.512. The molecule has 0 fully saturated rings. The number of alkyl halides is 3. The Balaban J connectivity index is 3.41. The lowest BCUT2D eigenvalue weighted by molar-refractivity contribution is -0.386. The molecule has 116 valence electrons. The zero-order valence-corrected chi connectivity index (χ0v) is 10.0. The number of rotatable bonds is 5. The topological polar surface area (TPSA) is 83.7 Å². The van der Waals surface area contributed by atoms with Crippen LogP contribution in [0.3, 0.4) is 0 Å². The van der Waals surface area contributed by atoms with Crippen molar-refractivity contribution in [3.63, 3.8) is 0 Å². The van der Waals surface area contributed by atoms with E-state index in [0.29, 0.717) is 0 Å². The highest BCUT2D eigenvalue weighted by molar-refractivity contribution is 5.76. The third-order valence-electron chi connectivity index (χ3n) is 2.23. The largest absolute Gasteiger partial charge is 0.480 e. The SMILES string of the molecule is O=C(O)CN(CC(F)(F)F)c1cc(F)cc(F)c1[N+](=O)[O-]. The molecule has 0 spiro atoms. The lowest BCUT2D eigenvalue weighted by Gasteiger charge is -2.23. The average Bonchev–Trinajstić information content (AvgIpc) is 2.23. The van der Waals surface area contributed by atoms with E-state index in [0.717, 1.165) is 0 Å². The number of benzene rings is 1. The van der Waals surface area contributed by atoms with Gasteiger partial charge in [-0.2, -0.15) is 17.6 Å². The second-order valence-electron chi connectivity index (χ2n) is 3.88. The number of anilines is 1. The highest BCUT2D eigenvalue weighted by Crippen LogP contribution is 2.33. The first-order valence-electron chi connectivity index (χ1n) is 5.18. The number of halogens is 5. The molecule has 0 unspecified atom stereocenters. The lowest BCUT2D eigenvalue weighted by Crippen LogP contribution is -2.38. The van der Waals surface area contributed by atoms with Crippen molar-refractivity contribution in [3.05, 3.63) is 33.9 Å². The Labute approximate surface area is 113 Å². The molecule has 0 heterocycles. The van der Waals surface area contributed by atoms with Crippen LogP contribution in [0.2, 0.25) is 0 Å². The number of aliphatic carboxylic acids is 1. The summed E-state index contributed by atoms with van der Waals surface area (Å²) in [6, 6.07) is 0.393. The molecule has 0 bridgehead atoms. The van der Waals surface area contributed by atoms with Crippen molar-refractivity contribution >= 4 is 17.3 Å². The Hall–Kier alpha value is -2.46. The van der Waals surface area contributed by atoms with E-state index in [2.05, 4.69) is 0 Å². The van der Waals surface area contributed by atoms with E-state index >= 15 is 0 Å². The number of carbonyl (C=O) groups is 1. The van der Waals surface area contributed by atoms with Crippen molar-refractivity contribution in [2.75, 3.05) is 18.0 Å². The highest BCUT2D eigenvalue weighted by atomic mass is 19.4. The van der Waals surface area contributed by atoms with Crippen molar-refractivity contribution in [1.82, 2.24) is 0 Å². The van der Waals surface area contributed by atoms with Gasteiger partial charge in [-0.25, -0.2) is 4.39 Å². The summed E-state index contributed by atoms with van der Waals surface area (Å²) >= 11 is 0. The Morgan fingerprint density at radius 3 is 2.33 bits per heavy atom. The summed E-state index contributed by atoms with van der Waals surface area (Å²) in [4.78, 5) is 19.9. The molecule has 0 aromatic heterocycles. The Kier molecular flexibility index (Phi) is 4.66. The first-order chi connectivity index (χ1) is 9.51. The molecule has 0 radical (unpaired) electrons. The molecule has 0 amide bonds. The normalized spacial score (nSPS) is 11.3. The molecule has 0 saturated carbocycles. The molecule has 0 atom stereocenters. The van der Waals surface area contributed by atoms with Gasteiger partial charge < -0.3 is 10.0 Å². The fourth-order valence-corrected chi connectivity index (χ4v) is 1.58. The first kappa shape index (κ1) is 16.6. The fourth-order valence-electron chi connectivity index (χ4n) is 1.58. The van der Waals surface area contributed by atoms with E-state index in [-0.39, 0.29) is 17.0 Å². The van der Waals surface area contributed by atoms with E-state index in [1.165, 1.54) is 0 Å². The summed E-state index contributed by atoms with van der Waals surface area (Å²) in [6.07, 6.45) is -4.92. The zero-order valence-electron chi connectivity index (χ0n) is 10.0. The number of hydrogen-bond donors (Lipinski definition) is 1. The number of hydrogen-bond acceptors (Lipinski definition) is 4. The van der Waals surface area contributed by atoms with Gasteiger partial charge in [0.25, 0.3) is 0 Å². The first-order valence-corrected chi connectivity index (χ1v) is 5.18. The molecular formula is C10H7F5N2O4. The summed E-state index contributed by atoms with van der Waals surface area (Å²) in [6.45, 7) is -3.23. The van der Waals surface area contributed by atoms with E-state index in [4.69, 9.17) is 5.11 Å². The van der Waals surface area contributed by atoms with E-state index < -0.39 is 53.2 Å². The van der Waals surface area contributed by atoms with Crippen molar-refractivity contribution < 1.29 is 36.8 Å². The molecule has 1 N–H and O–H groups in total. The van der Waals surface area contributed by atoms with Crippen molar-refractivity contribution in [1.29, 1.82) is 0 Å². The minimum Gasteiger partial charge on any atom is -0.480 e. The van der Waals surface area contributed by atoms with Crippen LogP contribution in [0.25, 0.3) is 0 Å². The van der Waals surface area contributed by atoms with Crippen LogP contribution in [0.1, 0.15) is 0 Å². The van der Waals surface area contributed by atoms with Gasteiger partial charge >= 0.3 is 17.8 Å². The predicted molar refractivity (Wildman–Crippen MR) is 58.9 cm³/mol. The maximum atomic E-state index is 13.4. The second-order valence-corrected chi connectivity index (χ2v) is 3.88. The summed E-state index contributed by atoms with van der Waals surface area (Å²) < 4.78 is 63.6. The number of carboxylic acid groups (broad SMARTS) is 1. The zero-order chi connectivity index (χ0) is 16.4. The second kappa shape index (κ2) is 5.89. The Morgan fingerprint density at radius 1 is 1.33 bits per heavy atom. The van der Waals surface area contributed by atoms with Gasteiger partial charge in [-0.1, -0.05) is 0 Å². The molecule has 1 aromatic rings. The van der Waals surface area contributed by atoms with Crippen LogP contribution in [0.5, 0.6) is 0 Å². The third-order valence-corrected chi connectivity index (χ3v) is 2.23. The number of carboxylic acids is 1. The van der Waals surface area contributed by atoms with Gasteiger partial charge in [-0.3, -0.25) is 14.9 Å². The minimum atomic E-state index is -4.92. The van der Waals surface area contributed by atoms with Crippen molar-refractivity contribution in [2.24, 2.45) is 0 Å². The summed E-state index contributed by atoms with van der Waals surface area (Å²) in [5, 5.41) is 19.2. The molecule has 6 nitrogen and oxygen atoms in total. The van der Waals surface area contributed by atoms with Gasteiger partial charge in [-0.15, -0.1) is 0 Å². The Morgan fingerprint density at radius 2 is 1.90 bits per heavy atom. The van der Waals surface area contributed by atoms with Gasteiger partial charge in [-0.05, 0) is 0 Å². The van der Waals surface area contributed by atoms with Gasteiger partial charge in [0, 0.05) is 12.1 Å². The monoisotopic (exact) mass is 314 g/mol. The molecule has 11 heteroatoms. The molecule has 1 rings (SSSR count). The maximum Gasteiger partial charge on any atom is 0.405 e. The van der Waals surface area contributed by atoms with Crippen LogP contribution in [0, 0.1) is 21.7 Å². The van der Waals surface area contributed by atoms with Crippen LogP contribution < -0.4 is 4.90 Å². The minimum absolute atomic E-state index is 0.0351. The van der Waals surface area contributed by atoms with Gasteiger partial charge in [0.2, 0.25) is 5.82 Å². The predicted octanol–water partition coefficient (Wildman–Crippen LogP) is 2.33.